The molecule has 0 aliphatic rings. The highest BCUT2D eigenvalue weighted by atomic mass is 19.4. The van der Waals surface area contributed by atoms with E-state index in [1.165, 1.54) is 35.4 Å². The number of aromatic nitrogens is 25. The number of nitriles is 5. The molecule has 0 atom stereocenters. The smallest absolute Gasteiger partial charge is 0.399 e. The quantitative estimate of drug-likeness (QED) is 0.0426. The predicted molar refractivity (Wildman–Crippen MR) is 512 cm³/mol. The minimum atomic E-state index is -4.57. The molecule has 678 valence electrons. The van der Waals surface area contributed by atoms with Crippen LogP contribution >= 0.6 is 0 Å². The first-order chi connectivity index (χ1) is 66.4. The van der Waals surface area contributed by atoms with Crippen LogP contribution in [0.1, 0.15) is 83.7 Å². The van der Waals surface area contributed by atoms with Gasteiger partial charge in [-0.2, -0.15) is 89.9 Å². The molecular formula is C95H77F3N40. The van der Waals surface area contributed by atoms with Crippen LogP contribution < -0.4 is 57.3 Å². The van der Waals surface area contributed by atoms with Crippen molar-refractivity contribution in [3.63, 3.8) is 0 Å². The van der Waals surface area contributed by atoms with Crippen LogP contribution in [-0.2, 0) is 38.9 Å². The first-order valence-electron chi connectivity index (χ1n) is 41.6. The summed E-state index contributed by atoms with van der Waals surface area (Å²) in [6, 6.07) is 54.1. The van der Waals surface area contributed by atoms with Gasteiger partial charge in [0.15, 0.2) is 28.2 Å². The molecule has 20 aromatic rings. The van der Waals surface area contributed by atoms with E-state index in [0.717, 1.165) is 100 Å². The molecule has 0 aliphatic heterocycles. The topological polar surface area (TPSA) is 662 Å². The highest BCUT2D eigenvalue weighted by molar-refractivity contribution is 5.95. The number of alkyl halides is 3. The van der Waals surface area contributed by atoms with E-state index in [9.17, 15) is 13.2 Å². The Balaban J connectivity index is 0.000000125. The summed E-state index contributed by atoms with van der Waals surface area (Å²) in [4.78, 5) is 64.1. The van der Waals surface area contributed by atoms with Crippen molar-refractivity contribution in [2.75, 3.05) is 57.3 Å². The van der Waals surface area contributed by atoms with Crippen LogP contribution in [0.3, 0.4) is 0 Å². The Hall–Kier alpha value is -20.2. The van der Waals surface area contributed by atoms with E-state index in [0.29, 0.717) is 145 Å². The van der Waals surface area contributed by atoms with Gasteiger partial charge in [-0.3, -0.25) is 15.0 Å². The van der Waals surface area contributed by atoms with E-state index in [1.54, 1.807) is 123 Å². The molecule has 0 spiro atoms. The number of nitrogens with zero attached hydrogens (tertiary/aromatic N) is 30. The summed E-state index contributed by atoms with van der Waals surface area (Å²) in [5.41, 5.74) is 79.3. The molecule has 0 amide bonds. The Labute approximate surface area is 780 Å². The van der Waals surface area contributed by atoms with Gasteiger partial charge in [-0.1, -0.05) is 60.7 Å². The van der Waals surface area contributed by atoms with Crippen LogP contribution in [0.4, 0.5) is 71.3 Å². The Bertz CT molecular complexity index is 7600. The van der Waals surface area contributed by atoms with Gasteiger partial charge in [0.05, 0.1) is 154 Å². The normalized spacial score (nSPS) is 11.0. The Morgan fingerprint density at radius 2 is 0.623 bits per heavy atom. The van der Waals surface area contributed by atoms with Gasteiger partial charge < -0.3 is 57.3 Å². The highest BCUT2D eigenvalue weighted by Gasteiger charge is 2.34. The number of hydrogen-bond donors (Lipinski definition) is 10. The number of benzene rings is 5. The molecule has 43 heteroatoms. The van der Waals surface area contributed by atoms with Gasteiger partial charge in [0.1, 0.15) is 46.7 Å². The van der Waals surface area contributed by atoms with Gasteiger partial charge in [0.25, 0.3) is 0 Å². The fourth-order valence-electron chi connectivity index (χ4n) is 14.8. The molecule has 20 rings (SSSR count). The number of nitrogen functional groups attached to an aromatic ring is 10. The highest BCUT2D eigenvalue weighted by Crippen LogP contribution is 2.37. The van der Waals surface area contributed by atoms with Crippen LogP contribution in [0, 0.1) is 84.4 Å². The largest absolute Gasteiger partial charge is 0.418 e. The molecule has 15 heterocycles. The van der Waals surface area contributed by atoms with Crippen LogP contribution in [0.2, 0.25) is 0 Å². The zero-order chi connectivity index (χ0) is 97.3. The molecule has 5 aromatic carbocycles. The summed E-state index contributed by atoms with van der Waals surface area (Å²) in [6.07, 6.45) is 11.4. The number of anilines is 10. The summed E-state index contributed by atoms with van der Waals surface area (Å²) in [7, 11) is 0. The molecular weight excluding hydrogens is 1760 g/mol. The molecule has 0 radical (unpaired) electrons. The third-order valence-corrected chi connectivity index (χ3v) is 21.6. The predicted octanol–water partition coefficient (Wildman–Crippen LogP) is 12.1. The second-order valence-electron chi connectivity index (χ2n) is 31.3. The van der Waals surface area contributed by atoms with Crippen molar-refractivity contribution in [1.82, 2.24) is 124 Å². The van der Waals surface area contributed by atoms with Gasteiger partial charge in [0.2, 0.25) is 29.7 Å². The number of pyridine rings is 5. The Morgan fingerprint density at radius 1 is 0.290 bits per heavy atom. The second-order valence-corrected chi connectivity index (χ2v) is 31.3. The maximum Gasteiger partial charge on any atom is 0.418 e. The summed E-state index contributed by atoms with van der Waals surface area (Å²) in [5, 5.41) is 71.0. The molecule has 138 heavy (non-hydrogen) atoms. The van der Waals surface area contributed by atoms with E-state index >= 15 is 0 Å². The number of aryl methyl sites for hydroxylation is 4. The van der Waals surface area contributed by atoms with E-state index in [2.05, 4.69) is 112 Å². The van der Waals surface area contributed by atoms with Crippen LogP contribution in [-0.4, -0.2) is 124 Å². The Morgan fingerprint density at radius 3 is 0.978 bits per heavy atom. The molecule has 0 fully saturated rings. The lowest BCUT2D eigenvalue weighted by Crippen LogP contribution is -2.11. The van der Waals surface area contributed by atoms with Gasteiger partial charge in [-0.15, -0.1) is 0 Å². The average molecular weight is 1840 g/mol. The van der Waals surface area contributed by atoms with Gasteiger partial charge in [-0.25, -0.2) is 58.3 Å². The molecule has 0 bridgehead atoms. The van der Waals surface area contributed by atoms with E-state index in [1.807, 2.05) is 119 Å². The number of rotatable bonds is 15. The molecule has 40 nitrogen and oxygen atoms in total. The van der Waals surface area contributed by atoms with Gasteiger partial charge >= 0.3 is 6.18 Å². The average Bonchev–Trinajstić information content (AvgIpc) is 1.64. The van der Waals surface area contributed by atoms with Crippen LogP contribution in [0.5, 0.6) is 0 Å². The zero-order valence-electron chi connectivity index (χ0n) is 73.6. The SMILES string of the molecule is Cc1cc(Cn2ncc3c(-c4cc(C#N)ccn4)nc(N)nc32)ccc1N.Cc1cc(Cn2ncc3c(-c4cccc(C#N)n4)nc(N)nc32)ccc1N.Cc1cc(Cn2ncc3c(-c4ccnc(C#N)c4)nc(N)nc32)ccc1N.Cc1cc(Cn2ncc3c(-c4cncc(C#N)c4)nc(N)nc32)ccc1N.N#Cc1ccnc(-c2nc(N)nc3c2cnn3Cc2ccc(N)c(C(F)(F)F)c2)c1. The molecule has 0 aliphatic carbocycles. The van der Waals surface area contributed by atoms with Gasteiger partial charge in [0, 0.05) is 70.5 Å². The van der Waals surface area contributed by atoms with Gasteiger partial charge in [-0.05, 0) is 169 Å². The first-order valence-corrected chi connectivity index (χ1v) is 41.6. The van der Waals surface area contributed by atoms with Crippen molar-refractivity contribution in [3.8, 4) is 87.0 Å². The third-order valence-electron chi connectivity index (χ3n) is 21.6. The summed E-state index contributed by atoms with van der Waals surface area (Å²) in [6.45, 7) is 9.96. The minimum Gasteiger partial charge on any atom is -0.399 e. The summed E-state index contributed by atoms with van der Waals surface area (Å²) < 4.78 is 47.9. The summed E-state index contributed by atoms with van der Waals surface area (Å²) in [5.74, 6) is 0.462. The van der Waals surface area contributed by atoms with Crippen LogP contribution in [0.15, 0.2) is 214 Å². The van der Waals surface area contributed by atoms with E-state index in [4.69, 9.17) is 83.6 Å². The van der Waals surface area contributed by atoms with Crippen molar-refractivity contribution < 1.29 is 13.2 Å². The first kappa shape index (κ1) is 91.2. The molecule has 15 aromatic heterocycles. The van der Waals surface area contributed by atoms with Crippen molar-refractivity contribution in [3.05, 3.63) is 297 Å². The lowest BCUT2D eigenvalue weighted by Gasteiger charge is -2.12. The lowest BCUT2D eigenvalue weighted by atomic mass is 10.1. The standard InChI is InChI=1S/C19H13F3N8.4C19H16N8/c20-19(21,22)13-5-11(1-2-14(13)24)9-30-17-12(8-27-30)16(28-18(25)29-17)15-6-10(7-23)3-4-26-15;1-11-4-12(2-3-16(11)21)10-27-18-15(9-24-27)17(25-19(22)26-18)14-5-13(6-20)7-23-8-14;1-11-6-13(2-3-15(11)21)10-27-18-14(9-24-27)17(25-19(22)26-18)16-7-12(8-20)4-5-23-16;1-11-6-12(2-3-16(11)21)10-27-18-15(9-24-27)17(25-19(22)26-18)13-4-5-23-14(7-13)8-20;1-11-7-12(5-6-15(11)21)10-27-18-14(9-23-27)17(25-19(22)26-18)16-4-2-3-13(8-20)24-16/h1-6,8H,9,24H2,(H2,25,28,29);2-5,7-9H,10,21H2,1H3,(H2,22,25,26);3*2-7,9H,10,21H2,1H3,(H2,22,25,26). The fraction of sp³-hybridized carbons (Fsp3) is 0.105. The van der Waals surface area contributed by atoms with E-state index in [-0.39, 0.29) is 42.0 Å². The minimum absolute atomic E-state index is 0.00835. The van der Waals surface area contributed by atoms with Crippen molar-refractivity contribution in [2.45, 2.75) is 66.6 Å². The maximum atomic E-state index is 13.1. The number of halogens is 3. The molecule has 0 unspecified atom stereocenters. The molecule has 0 saturated heterocycles. The maximum absolute atomic E-state index is 13.1. The van der Waals surface area contributed by atoms with E-state index < -0.39 is 11.7 Å². The second kappa shape index (κ2) is 38.9. The number of fused-ring (bicyclic) bond motifs is 5. The van der Waals surface area contributed by atoms with Crippen molar-refractivity contribution in [1.29, 1.82) is 26.3 Å². The fourth-order valence-corrected chi connectivity index (χ4v) is 14.8. The Kier molecular flexibility index (Phi) is 25.7. The monoisotopic (exact) mass is 1830 g/mol. The van der Waals surface area contributed by atoms with Crippen molar-refractivity contribution in [2.24, 2.45) is 0 Å². The third kappa shape index (κ3) is 20.1. The zero-order valence-corrected chi connectivity index (χ0v) is 73.6. The van der Waals surface area contributed by atoms with Crippen molar-refractivity contribution >= 4 is 113 Å². The number of nitrogens with two attached hydrogens (primary N) is 10. The van der Waals surface area contributed by atoms with Crippen LogP contribution in [0.25, 0.3) is 112 Å². The number of hydrogen-bond acceptors (Lipinski definition) is 35. The molecule has 0 saturated carbocycles. The lowest BCUT2D eigenvalue weighted by molar-refractivity contribution is -0.137. The summed E-state index contributed by atoms with van der Waals surface area (Å²) >= 11 is 0. The molecule has 20 N–H and O–H groups in total.